The summed E-state index contributed by atoms with van der Waals surface area (Å²) in [6.07, 6.45) is 12.0. The molecule has 1 saturated heterocycles. The summed E-state index contributed by atoms with van der Waals surface area (Å²) in [5, 5.41) is 20.9. The maximum Gasteiger partial charge on any atom is 0.248 e. The van der Waals surface area contributed by atoms with Crippen LogP contribution in [0.15, 0.2) is 23.8 Å². The van der Waals surface area contributed by atoms with Gasteiger partial charge in [-0.3, -0.25) is 4.79 Å². The molecule has 0 radical (unpaired) electrons. The number of aliphatic hydroxyl groups excluding tert-OH is 2. The van der Waals surface area contributed by atoms with E-state index in [1.165, 1.54) is 12.0 Å². The van der Waals surface area contributed by atoms with Crippen LogP contribution in [0.25, 0.3) is 0 Å². The lowest BCUT2D eigenvalue weighted by Gasteiger charge is -2.26. The van der Waals surface area contributed by atoms with Gasteiger partial charge in [-0.1, -0.05) is 30.7 Å². The van der Waals surface area contributed by atoms with Gasteiger partial charge < -0.3 is 19.8 Å². The molecule has 0 unspecified atom stereocenters. The lowest BCUT2D eigenvalue weighted by molar-refractivity contribution is -0.136. The molecule has 6 atom stereocenters. The van der Waals surface area contributed by atoms with Crippen LogP contribution in [-0.4, -0.2) is 59.5 Å². The fourth-order valence-corrected chi connectivity index (χ4v) is 5.31. The van der Waals surface area contributed by atoms with Gasteiger partial charge >= 0.3 is 0 Å². The lowest BCUT2D eigenvalue weighted by Crippen LogP contribution is -2.38. The number of fused-ring (bicyclic) bond motifs is 1. The van der Waals surface area contributed by atoms with Crippen LogP contribution in [0.3, 0.4) is 0 Å². The molecule has 31 heavy (non-hydrogen) atoms. The SMILES string of the molecule is CC#CC[C@@H](C)[C@H](O)/C=C/[C@@H]1[C@H]2C/C(=C/COCC(=O)N3CCCCC3)C[C@H]2C[C@H]1O. The van der Waals surface area contributed by atoms with Crippen molar-refractivity contribution in [1.29, 1.82) is 0 Å². The number of amides is 1. The van der Waals surface area contributed by atoms with Crippen LogP contribution >= 0.6 is 0 Å². The Morgan fingerprint density at radius 2 is 2.06 bits per heavy atom. The monoisotopic (exact) mass is 429 g/mol. The molecule has 0 aromatic rings. The van der Waals surface area contributed by atoms with Gasteiger partial charge in [-0.2, -0.15) is 0 Å². The summed E-state index contributed by atoms with van der Waals surface area (Å²) in [4.78, 5) is 14.1. The van der Waals surface area contributed by atoms with Gasteiger partial charge in [-0.05, 0) is 63.2 Å². The number of hydrogen-bond acceptors (Lipinski definition) is 4. The zero-order chi connectivity index (χ0) is 22.2. The molecule has 2 N–H and O–H groups in total. The van der Waals surface area contributed by atoms with Crippen molar-refractivity contribution in [3.05, 3.63) is 23.8 Å². The first-order chi connectivity index (χ1) is 15.0. The van der Waals surface area contributed by atoms with E-state index in [4.69, 9.17) is 4.74 Å². The van der Waals surface area contributed by atoms with Crippen molar-refractivity contribution < 1.29 is 19.7 Å². The first kappa shape index (κ1) is 24.0. The summed E-state index contributed by atoms with van der Waals surface area (Å²) in [6.45, 7) is 6.18. The average molecular weight is 430 g/mol. The van der Waals surface area contributed by atoms with Crippen molar-refractivity contribution >= 4 is 5.91 Å². The zero-order valence-electron chi connectivity index (χ0n) is 19.1. The van der Waals surface area contributed by atoms with Gasteiger partial charge in [-0.25, -0.2) is 0 Å². The third-order valence-electron chi connectivity index (χ3n) is 7.25. The first-order valence-electron chi connectivity index (χ1n) is 12.0. The highest BCUT2D eigenvalue weighted by atomic mass is 16.5. The number of hydrogen-bond donors (Lipinski definition) is 2. The van der Waals surface area contributed by atoms with E-state index in [0.717, 1.165) is 45.2 Å². The summed E-state index contributed by atoms with van der Waals surface area (Å²) in [7, 11) is 0. The van der Waals surface area contributed by atoms with Gasteiger partial charge in [0.15, 0.2) is 0 Å². The van der Waals surface area contributed by atoms with Gasteiger partial charge in [0.25, 0.3) is 0 Å². The van der Waals surface area contributed by atoms with Gasteiger partial charge in [0.1, 0.15) is 6.61 Å². The van der Waals surface area contributed by atoms with E-state index in [9.17, 15) is 15.0 Å². The Labute approximate surface area is 187 Å². The van der Waals surface area contributed by atoms with Crippen molar-refractivity contribution in [1.82, 2.24) is 4.90 Å². The van der Waals surface area contributed by atoms with Crippen molar-refractivity contribution in [2.45, 2.75) is 71.0 Å². The van der Waals surface area contributed by atoms with E-state index in [1.807, 2.05) is 30.9 Å². The molecule has 1 heterocycles. The summed E-state index contributed by atoms with van der Waals surface area (Å²) >= 11 is 0. The molecule has 5 nitrogen and oxygen atoms in total. The molecular weight excluding hydrogens is 390 g/mol. The fourth-order valence-electron chi connectivity index (χ4n) is 5.31. The molecule has 3 fully saturated rings. The molecule has 1 aliphatic heterocycles. The predicted octanol–water partition coefficient (Wildman–Crippen LogP) is 3.32. The molecule has 2 aliphatic carbocycles. The summed E-state index contributed by atoms with van der Waals surface area (Å²) in [5.41, 5.74) is 1.37. The van der Waals surface area contributed by atoms with E-state index in [-0.39, 0.29) is 30.5 Å². The lowest BCUT2D eigenvalue weighted by atomic mass is 9.89. The minimum absolute atomic E-state index is 0.0851. The largest absolute Gasteiger partial charge is 0.392 e. The van der Waals surface area contributed by atoms with Crippen LogP contribution < -0.4 is 0 Å². The van der Waals surface area contributed by atoms with E-state index >= 15 is 0 Å². The molecular formula is C26H39NO4. The molecule has 2 saturated carbocycles. The minimum atomic E-state index is -0.533. The Kier molecular flexibility index (Phi) is 9.19. The van der Waals surface area contributed by atoms with E-state index in [1.54, 1.807) is 0 Å². The normalized spacial score (nSPS) is 31.5. The second kappa shape index (κ2) is 11.9. The van der Waals surface area contributed by atoms with Crippen LogP contribution in [0.1, 0.15) is 58.8 Å². The van der Waals surface area contributed by atoms with Crippen molar-refractivity contribution in [3.8, 4) is 11.8 Å². The zero-order valence-corrected chi connectivity index (χ0v) is 19.1. The van der Waals surface area contributed by atoms with E-state index in [0.29, 0.717) is 24.9 Å². The highest BCUT2D eigenvalue weighted by Crippen LogP contribution is 2.50. The minimum Gasteiger partial charge on any atom is -0.392 e. The van der Waals surface area contributed by atoms with Crippen molar-refractivity contribution in [3.63, 3.8) is 0 Å². The number of carbonyl (C=O) groups excluding carboxylic acids is 1. The highest BCUT2D eigenvalue weighted by molar-refractivity contribution is 5.77. The van der Waals surface area contributed by atoms with Crippen LogP contribution in [-0.2, 0) is 9.53 Å². The first-order valence-corrected chi connectivity index (χ1v) is 12.0. The number of rotatable bonds is 8. The number of likely N-dealkylation sites (tertiary alicyclic amines) is 1. The molecule has 0 spiro atoms. The van der Waals surface area contributed by atoms with Gasteiger partial charge in [0.2, 0.25) is 5.91 Å². The highest BCUT2D eigenvalue weighted by Gasteiger charge is 2.45. The smallest absolute Gasteiger partial charge is 0.248 e. The number of allylic oxidation sites excluding steroid dienone is 1. The number of ether oxygens (including phenoxy) is 1. The Bertz CT molecular complexity index is 713. The molecule has 0 aromatic heterocycles. The summed E-state index contributed by atoms with van der Waals surface area (Å²) < 4.78 is 5.64. The molecule has 0 bridgehead atoms. The number of aliphatic hydroxyl groups is 2. The summed E-state index contributed by atoms with van der Waals surface area (Å²) in [5.74, 6) is 7.09. The number of piperidine rings is 1. The second-order valence-corrected chi connectivity index (χ2v) is 9.52. The van der Waals surface area contributed by atoms with E-state index in [2.05, 4.69) is 17.9 Å². The summed E-state index contributed by atoms with van der Waals surface area (Å²) in [6, 6.07) is 0. The quantitative estimate of drug-likeness (QED) is 0.353. The number of nitrogens with zero attached hydrogens (tertiary/aromatic N) is 1. The molecule has 172 valence electrons. The Balaban J connectivity index is 1.45. The van der Waals surface area contributed by atoms with Crippen LogP contribution in [0, 0.1) is 35.5 Å². The molecule has 5 heteroatoms. The molecule has 3 aliphatic rings. The van der Waals surface area contributed by atoms with Crippen molar-refractivity contribution in [2.75, 3.05) is 26.3 Å². The third-order valence-corrected chi connectivity index (χ3v) is 7.25. The van der Waals surface area contributed by atoms with Gasteiger partial charge in [-0.15, -0.1) is 11.8 Å². The Morgan fingerprint density at radius 3 is 2.81 bits per heavy atom. The van der Waals surface area contributed by atoms with Crippen LogP contribution in [0.5, 0.6) is 0 Å². The van der Waals surface area contributed by atoms with Crippen molar-refractivity contribution in [2.24, 2.45) is 23.7 Å². The van der Waals surface area contributed by atoms with Gasteiger partial charge in [0.05, 0.1) is 18.8 Å². The second-order valence-electron chi connectivity index (χ2n) is 9.52. The molecule has 1 amide bonds. The third kappa shape index (κ3) is 6.68. The predicted molar refractivity (Wildman–Crippen MR) is 122 cm³/mol. The van der Waals surface area contributed by atoms with E-state index < -0.39 is 6.10 Å². The average Bonchev–Trinajstić information content (AvgIpc) is 3.30. The fraction of sp³-hybridized carbons (Fsp3) is 0.731. The topological polar surface area (TPSA) is 70.0 Å². The van der Waals surface area contributed by atoms with Crippen LogP contribution in [0.2, 0.25) is 0 Å². The van der Waals surface area contributed by atoms with Crippen LogP contribution in [0.4, 0.5) is 0 Å². The Morgan fingerprint density at radius 1 is 1.29 bits per heavy atom. The standard InChI is InChI=1S/C26H39NO4/c1-3-4-8-19(2)24(28)10-9-22-23-16-20(15-21(23)17-25(22)29)11-14-31-18-26(30)27-12-6-5-7-13-27/h9-11,19,21-25,28-29H,5-8,12-18H2,1-2H3/b10-9+,20-11+/t19-,21+,22-,23+,24-,25-/m1/s1. The van der Waals surface area contributed by atoms with Gasteiger partial charge in [0, 0.05) is 25.4 Å². The maximum atomic E-state index is 12.2. The number of carbonyl (C=O) groups is 1. The maximum absolute atomic E-state index is 12.2. The Hall–Kier alpha value is -1.61. The molecule has 3 rings (SSSR count). The molecule has 0 aromatic carbocycles.